The van der Waals surface area contributed by atoms with Crippen molar-refractivity contribution in [3.63, 3.8) is 0 Å². The van der Waals surface area contributed by atoms with Gasteiger partial charge in [-0.15, -0.1) is 0 Å². The van der Waals surface area contributed by atoms with Gasteiger partial charge < -0.3 is 19.8 Å². The number of hydrogen-bond donors (Lipinski definition) is 3. The fourth-order valence-corrected chi connectivity index (χ4v) is 1.32. The minimum Gasteiger partial charge on any atom is -0.391 e. The maximum atomic E-state index is 10.1. The first-order valence-corrected chi connectivity index (χ1v) is 7.49. The molecule has 0 heterocycles. The van der Waals surface area contributed by atoms with E-state index in [-0.39, 0.29) is 5.57 Å². The molecule has 0 rings (SSSR count). The second-order valence-corrected chi connectivity index (χ2v) is 4.64. The number of aliphatic hydroxyl groups excluding tert-OH is 1. The summed E-state index contributed by atoms with van der Waals surface area (Å²) in [6, 6.07) is 1.62. The van der Waals surface area contributed by atoms with E-state index in [0.29, 0.717) is 0 Å². The number of aliphatic hydroxyl groups is 1. The van der Waals surface area contributed by atoms with Gasteiger partial charge in [0.05, 0.1) is 24.9 Å². The minimum absolute atomic E-state index is 0.00319. The summed E-state index contributed by atoms with van der Waals surface area (Å²) in [4.78, 5) is 18.8. The molecule has 19 heavy (non-hydrogen) atoms. The van der Waals surface area contributed by atoms with Crippen LogP contribution in [0.15, 0.2) is 11.6 Å². The van der Waals surface area contributed by atoms with Gasteiger partial charge in [-0.1, -0.05) is 20.8 Å². The molecule has 0 spiro atoms. The Morgan fingerprint density at radius 1 is 1.32 bits per heavy atom. The summed E-state index contributed by atoms with van der Waals surface area (Å²) in [6.45, 7) is 9.26. The molecule has 0 aliphatic rings. The molecular weight excluding hydrogens is 271 g/mol. The quantitative estimate of drug-likeness (QED) is 0.472. The smallest absolute Gasteiger partial charge is 0.391 e. The zero-order chi connectivity index (χ0) is 15.3. The Balaban J connectivity index is 0. The third kappa shape index (κ3) is 15.2. The number of rotatable bonds is 7. The Kier molecular flexibility index (Phi) is 13.3. The molecule has 0 aliphatic carbocycles. The first-order chi connectivity index (χ1) is 8.84. The van der Waals surface area contributed by atoms with E-state index in [9.17, 15) is 4.57 Å². The van der Waals surface area contributed by atoms with Crippen LogP contribution in [0.5, 0.6) is 0 Å². The first kappa shape index (κ1) is 20.6. The van der Waals surface area contributed by atoms with Gasteiger partial charge in [0.25, 0.3) is 0 Å². The first-order valence-electron chi connectivity index (χ1n) is 5.96. The third-order valence-electron chi connectivity index (χ3n) is 2.23. The van der Waals surface area contributed by atoms with Gasteiger partial charge in [-0.05, 0) is 25.7 Å². The monoisotopic (exact) mass is 294 g/mol. The summed E-state index contributed by atoms with van der Waals surface area (Å²) >= 11 is 0. The van der Waals surface area contributed by atoms with E-state index in [2.05, 4.69) is 30.2 Å². The Morgan fingerprint density at radius 3 is 2.00 bits per heavy atom. The molecule has 112 valence electrons. The second kappa shape index (κ2) is 12.3. The van der Waals surface area contributed by atoms with Crippen molar-refractivity contribution in [3.05, 3.63) is 11.6 Å². The minimum atomic E-state index is -4.48. The highest BCUT2D eigenvalue weighted by molar-refractivity contribution is 7.46. The number of hydrogen-bond acceptors (Lipinski definition) is 5. The Morgan fingerprint density at radius 2 is 1.79 bits per heavy atom. The largest absolute Gasteiger partial charge is 0.469 e. The van der Waals surface area contributed by atoms with Crippen LogP contribution in [0.3, 0.4) is 0 Å². The summed E-state index contributed by atoms with van der Waals surface area (Å²) in [5, 5.41) is 16.6. The van der Waals surface area contributed by atoms with Crippen molar-refractivity contribution < 1.29 is 24.0 Å². The topological polar surface area (TPSA) is 114 Å². The summed E-state index contributed by atoms with van der Waals surface area (Å²) < 4.78 is 14.1. The fraction of sp³-hybridized carbons (Fsp3) is 0.727. The van der Waals surface area contributed by atoms with Gasteiger partial charge in [-0.3, -0.25) is 4.52 Å². The number of nitrogens with zero attached hydrogens (tertiary/aromatic N) is 2. The molecule has 0 saturated carbocycles. The van der Waals surface area contributed by atoms with E-state index in [1.807, 2.05) is 0 Å². The van der Waals surface area contributed by atoms with Crippen LogP contribution < -0.4 is 0 Å². The summed E-state index contributed by atoms with van der Waals surface area (Å²) in [5.74, 6) is 0. The predicted molar refractivity (Wildman–Crippen MR) is 72.2 cm³/mol. The molecule has 0 radical (unpaired) electrons. The molecule has 0 unspecified atom stereocenters. The van der Waals surface area contributed by atoms with Crippen LogP contribution in [0, 0.1) is 11.3 Å². The van der Waals surface area contributed by atoms with Crippen LogP contribution in [0.25, 0.3) is 0 Å². The van der Waals surface area contributed by atoms with E-state index in [1.54, 1.807) is 6.07 Å². The van der Waals surface area contributed by atoms with Crippen molar-refractivity contribution in [3.8, 4) is 6.07 Å². The van der Waals surface area contributed by atoms with Gasteiger partial charge in [0, 0.05) is 0 Å². The summed E-state index contributed by atoms with van der Waals surface area (Å²) in [6.07, 6.45) is 1.10. The van der Waals surface area contributed by atoms with Crippen molar-refractivity contribution in [1.29, 1.82) is 5.26 Å². The van der Waals surface area contributed by atoms with Crippen LogP contribution in [-0.2, 0) is 9.09 Å². The maximum absolute atomic E-state index is 10.1. The van der Waals surface area contributed by atoms with Crippen LogP contribution >= 0.6 is 7.82 Å². The Bertz CT molecular complexity index is 325. The molecule has 0 atom stereocenters. The van der Waals surface area contributed by atoms with E-state index < -0.39 is 21.0 Å². The average Bonchev–Trinajstić information content (AvgIpc) is 2.36. The standard InChI is InChI=1S/C6H15N.C5H8NO5P/c1-4-7(5-2)6-3;6-3-5(4-7)1-2-11-12(8,9)10/h4-6H2,1-3H3;1,7H,2,4H2,(H2,8,9,10)/b;5-1+. The molecule has 0 aromatic carbocycles. The van der Waals surface area contributed by atoms with E-state index in [0.717, 1.165) is 6.08 Å². The predicted octanol–water partition coefficient (Wildman–Crippen LogP) is 0.886. The van der Waals surface area contributed by atoms with Gasteiger partial charge in [0.1, 0.15) is 0 Å². The number of nitriles is 1. The van der Waals surface area contributed by atoms with Gasteiger partial charge in [0.2, 0.25) is 0 Å². The average molecular weight is 294 g/mol. The molecule has 0 amide bonds. The Labute approximate surface area is 114 Å². The van der Waals surface area contributed by atoms with Crippen LogP contribution in [-0.4, -0.2) is 52.6 Å². The lowest BCUT2D eigenvalue weighted by atomic mass is 10.3. The number of phosphoric ester groups is 1. The molecule has 0 fully saturated rings. The highest BCUT2D eigenvalue weighted by Gasteiger charge is 2.11. The van der Waals surface area contributed by atoms with Crippen molar-refractivity contribution in [2.24, 2.45) is 0 Å². The van der Waals surface area contributed by atoms with Gasteiger partial charge in [0.15, 0.2) is 0 Å². The molecule has 0 saturated heterocycles. The highest BCUT2D eigenvalue weighted by atomic mass is 31.2. The zero-order valence-electron chi connectivity index (χ0n) is 11.6. The van der Waals surface area contributed by atoms with Crippen molar-refractivity contribution in [1.82, 2.24) is 4.90 Å². The normalized spacial score (nSPS) is 11.8. The molecular formula is C11H23N2O5P. The lowest BCUT2D eigenvalue weighted by Crippen LogP contribution is -2.21. The molecule has 0 aromatic rings. The van der Waals surface area contributed by atoms with Gasteiger partial charge >= 0.3 is 7.82 Å². The number of phosphoric acid groups is 1. The zero-order valence-corrected chi connectivity index (χ0v) is 12.5. The van der Waals surface area contributed by atoms with E-state index >= 15 is 0 Å². The van der Waals surface area contributed by atoms with Gasteiger partial charge in [-0.25, -0.2) is 4.57 Å². The summed E-state index contributed by atoms with van der Waals surface area (Å²) in [7, 11) is -4.48. The Hall–Kier alpha value is -0.740. The maximum Gasteiger partial charge on any atom is 0.469 e. The molecule has 0 bridgehead atoms. The van der Waals surface area contributed by atoms with Crippen LogP contribution in [0.1, 0.15) is 20.8 Å². The fourth-order valence-electron chi connectivity index (χ4n) is 1.05. The van der Waals surface area contributed by atoms with Gasteiger partial charge in [-0.2, -0.15) is 5.26 Å². The molecule has 0 aromatic heterocycles. The highest BCUT2D eigenvalue weighted by Crippen LogP contribution is 2.35. The summed E-state index contributed by atoms with van der Waals surface area (Å²) in [5.41, 5.74) is 0.00319. The van der Waals surface area contributed by atoms with Crippen LogP contribution in [0.2, 0.25) is 0 Å². The molecule has 7 nitrogen and oxygen atoms in total. The molecule has 3 N–H and O–H groups in total. The van der Waals surface area contributed by atoms with E-state index in [1.165, 1.54) is 19.6 Å². The van der Waals surface area contributed by atoms with Crippen molar-refractivity contribution in [2.75, 3.05) is 32.8 Å². The third-order valence-corrected chi connectivity index (χ3v) is 2.71. The van der Waals surface area contributed by atoms with Crippen LogP contribution in [0.4, 0.5) is 0 Å². The second-order valence-electron chi connectivity index (χ2n) is 3.41. The lowest BCUT2D eigenvalue weighted by Gasteiger charge is -2.13. The van der Waals surface area contributed by atoms with E-state index in [4.69, 9.17) is 20.2 Å². The SMILES string of the molecule is CCN(CC)CC.N#C/C(=C\COP(=O)(O)O)CO. The molecule has 8 heteroatoms. The lowest BCUT2D eigenvalue weighted by molar-refractivity contribution is 0.215. The van der Waals surface area contributed by atoms with Crippen molar-refractivity contribution in [2.45, 2.75) is 20.8 Å². The van der Waals surface area contributed by atoms with Crippen molar-refractivity contribution >= 4 is 7.82 Å². The molecule has 0 aliphatic heterocycles.